The highest BCUT2D eigenvalue weighted by Crippen LogP contribution is 2.53. The number of amides is 1. The molecule has 1 amide bonds. The summed E-state index contributed by atoms with van der Waals surface area (Å²) in [6, 6.07) is 8.75. The number of carbonyl (C=O) groups is 1. The Kier molecular flexibility index (Phi) is 6.52. The number of anilines is 1. The van der Waals surface area contributed by atoms with Gasteiger partial charge in [-0.1, -0.05) is 40.6 Å². The number of thiazole rings is 1. The van der Waals surface area contributed by atoms with E-state index < -0.39 is 10.8 Å². The van der Waals surface area contributed by atoms with Crippen LogP contribution in [-0.4, -0.2) is 37.4 Å². The molecule has 1 saturated heterocycles. The Morgan fingerprint density at radius 3 is 2.55 bits per heavy atom. The smallest absolute Gasteiger partial charge is 0.229 e. The summed E-state index contributed by atoms with van der Waals surface area (Å²) in [7, 11) is -3.19. The highest BCUT2D eigenvalue weighted by Gasteiger charge is 2.33. The molecule has 2 aromatic carbocycles. The molecule has 0 atom stereocenters. The largest absolute Gasteiger partial charge is 0.302 e. The lowest BCUT2D eigenvalue weighted by Gasteiger charge is -2.45. The Labute approximate surface area is 196 Å². The quantitative estimate of drug-likeness (QED) is 0.376. The molecule has 0 saturated carbocycles. The zero-order valence-electron chi connectivity index (χ0n) is 17.1. The fraction of sp³-hybridized carbons (Fsp3) is 0.333. The van der Waals surface area contributed by atoms with E-state index in [-0.39, 0.29) is 16.8 Å². The van der Waals surface area contributed by atoms with E-state index in [1.165, 1.54) is 23.0 Å². The molecule has 1 aliphatic heterocycles. The van der Waals surface area contributed by atoms with Gasteiger partial charge in [-0.25, -0.2) is 9.29 Å². The molecule has 3 N–H and O–H groups in total. The highest BCUT2D eigenvalue weighted by molar-refractivity contribution is 8.22. The molecule has 0 bridgehead atoms. The van der Waals surface area contributed by atoms with E-state index in [9.17, 15) is 13.9 Å². The molecule has 6 nitrogen and oxygen atoms in total. The molecule has 10 heteroatoms. The first-order valence-corrected chi connectivity index (χ1v) is 12.9. The second-order valence-electron chi connectivity index (χ2n) is 7.73. The van der Waals surface area contributed by atoms with Crippen molar-refractivity contribution >= 4 is 66.6 Å². The number of aromatic nitrogens is 1. The van der Waals surface area contributed by atoms with Gasteiger partial charge in [0.05, 0.1) is 25.2 Å². The van der Waals surface area contributed by atoms with E-state index in [1.54, 1.807) is 16.4 Å². The average molecular weight is 500 g/mol. The lowest BCUT2D eigenvalue weighted by atomic mass is 9.97. The monoisotopic (exact) mass is 499 g/mol. The Morgan fingerprint density at radius 1 is 1.16 bits per heavy atom. The third-order valence-corrected chi connectivity index (χ3v) is 9.08. The predicted octanol–water partition coefficient (Wildman–Crippen LogP) is 6.60. The summed E-state index contributed by atoms with van der Waals surface area (Å²) in [4.78, 5) is 17.7. The number of aryl methyl sites for hydroxylation is 2. The Morgan fingerprint density at radius 2 is 1.87 bits per heavy atom. The molecule has 31 heavy (non-hydrogen) atoms. The summed E-state index contributed by atoms with van der Waals surface area (Å²) in [6.07, 6.45) is 1.04. The number of benzene rings is 2. The molecule has 0 spiro atoms. The maximum atomic E-state index is 12.8. The van der Waals surface area contributed by atoms with Crippen molar-refractivity contribution in [2.24, 2.45) is 5.92 Å². The van der Waals surface area contributed by atoms with Crippen LogP contribution in [0.4, 0.5) is 5.13 Å². The van der Waals surface area contributed by atoms with Crippen LogP contribution in [0.25, 0.3) is 10.2 Å². The van der Waals surface area contributed by atoms with Gasteiger partial charge in [0, 0.05) is 19.0 Å². The van der Waals surface area contributed by atoms with Gasteiger partial charge >= 0.3 is 0 Å². The van der Waals surface area contributed by atoms with Crippen LogP contribution in [0.1, 0.15) is 24.0 Å². The topological polar surface area (TPSA) is 85.7 Å². The van der Waals surface area contributed by atoms with Crippen LogP contribution in [0, 0.1) is 19.8 Å². The molecule has 166 valence electrons. The van der Waals surface area contributed by atoms with Crippen LogP contribution in [-0.2, 0) is 4.79 Å². The molecule has 1 aliphatic rings. The van der Waals surface area contributed by atoms with Crippen LogP contribution < -0.4 is 5.32 Å². The molecule has 0 radical (unpaired) electrons. The number of hydrogen-bond acceptors (Lipinski definition) is 6. The lowest BCUT2D eigenvalue weighted by molar-refractivity contribution is -0.120. The van der Waals surface area contributed by atoms with Crippen molar-refractivity contribution in [2.75, 3.05) is 18.4 Å². The second kappa shape index (κ2) is 8.86. The van der Waals surface area contributed by atoms with E-state index in [1.807, 2.05) is 13.8 Å². The number of carbonyl (C=O) groups excluding carboxylic acids is 1. The van der Waals surface area contributed by atoms with Crippen molar-refractivity contribution in [1.29, 1.82) is 0 Å². The molecule has 0 aliphatic carbocycles. The third kappa shape index (κ3) is 4.71. The van der Waals surface area contributed by atoms with Gasteiger partial charge in [-0.2, -0.15) is 0 Å². The maximum Gasteiger partial charge on any atom is 0.229 e. The summed E-state index contributed by atoms with van der Waals surface area (Å²) in [6.45, 7) is 4.83. The van der Waals surface area contributed by atoms with Gasteiger partial charge in [0.15, 0.2) is 5.13 Å². The van der Waals surface area contributed by atoms with Crippen molar-refractivity contribution in [3.63, 3.8) is 0 Å². The molecule has 3 aromatic rings. The van der Waals surface area contributed by atoms with E-state index in [2.05, 4.69) is 22.4 Å². The number of fused-ring (bicyclic) bond motifs is 1. The number of piperidine rings is 1. The minimum absolute atomic E-state index is 0.0842. The van der Waals surface area contributed by atoms with Gasteiger partial charge in [-0.05, 0) is 62.1 Å². The van der Waals surface area contributed by atoms with E-state index in [4.69, 9.17) is 23.2 Å². The fourth-order valence-corrected chi connectivity index (χ4v) is 6.75. The third-order valence-electron chi connectivity index (χ3n) is 5.45. The molecule has 1 aromatic heterocycles. The fourth-order valence-electron chi connectivity index (χ4n) is 3.80. The maximum absolute atomic E-state index is 12.8. The van der Waals surface area contributed by atoms with E-state index >= 15 is 0 Å². The van der Waals surface area contributed by atoms with Crippen LogP contribution >= 0.6 is 45.3 Å². The zero-order valence-corrected chi connectivity index (χ0v) is 20.2. The predicted molar refractivity (Wildman–Crippen MR) is 130 cm³/mol. The van der Waals surface area contributed by atoms with Gasteiger partial charge in [-0.15, -0.1) is 10.8 Å². The van der Waals surface area contributed by atoms with Crippen LogP contribution in [0.3, 0.4) is 0 Å². The second-order valence-corrected chi connectivity index (χ2v) is 11.6. The minimum atomic E-state index is -3.19. The average Bonchev–Trinajstić information content (AvgIpc) is 3.12. The minimum Gasteiger partial charge on any atom is -0.302 e. The molecule has 0 unspecified atom stereocenters. The molecule has 1 fully saturated rings. The number of halogens is 2. The summed E-state index contributed by atoms with van der Waals surface area (Å²) in [5.74, 6) is -0.297. The van der Waals surface area contributed by atoms with Crippen LogP contribution in [0.15, 0.2) is 35.2 Å². The van der Waals surface area contributed by atoms with Gasteiger partial charge in [-0.3, -0.25) is 13.9 Å². The van der Waals surface area contributed by atoms with Gasteiger partial charge in [0.2, 0.25) is 5.91 Å². The van der Waals surface area contributed by atoms with Crippen molar-refractivity contribution in [2.45, 2.75) is 31.6 Å². The van der Waals surface area contributed by atoms with Crippen LogP contribution in [0.5, 0.6) is 0 Å². The van der Waals surface area contributed by atoms with Crippen molar-refractivity contribution in [3.8, 4) is 0 Å². The van der Waals surface area contributed by atoms with Gasteiger partial charge in [0.25, 0.3) is 0 Å². The Hall–Kier alpha value is -1.39. The normalized spacial score (nSPS) is 16.6. The summed E-state index contributed by atoms with van der Waals surface area (Å²) >= 11 is 13.4. The Bertz CT molecular complexity index is 1140. The van der Waals surface area contributed by atoms with Crippen molar-refractivity contribution < 1.29 is 13.9 Å². The summed E-state index contributed by atoms with van der Waals surface area (Å²) < 4.78 is 24.2. The zero-order chi connectivity index (χ0) is 22.3. The lowest BCUT2D eigenvalue weighted by Crippen LogP contribution is -2.39. The molecular formula is C21H23Cl2N3O3S2. The number of nitrogens with one attached hydrogen (secondary N) is 1. The first-order valence-electron chi connectivity index (χ1n) is 9.82. The number of nitrogens with zero attached hydrogens (tertiary/aromatic N) is 2. The Balaban J connectivity index is 1.40. The first-order chi connectivity index (χ1) is 14.6. The van der Waals surface area contributed by atoms with E-state index in [0.717, 1.165) is 15.8 Å². The summed E-state index contributed by atoms with van der Waals surface area (Å²) in [5.41, 5.74) is 3.17. The van der Waals surface area contributed by atoms with Crippen LogP contribution in [0.2, 0.25) is 10.0 Å². The van der Waals surface area contributed by atoms with Crippen molar-refractivity contribution in [1.82, 2.24) is 9.29 Å². The van der Waals surface area contributed by atoms with Gasteiger partial charge < -0.3 is 5.32 Å². The van der Waals surface area contributed by atoms with E-state index in [0.29, 0.717) is 41.0 Å². The molecule has 2 heterocycles. The SMILES string of the molecule is Cc1cc(C)c2nc(NC(=O)C3CCN(S(O)(O)c4ccc(Cl)c(Cl)c4)CC3)sc2c1. The molecule has 4 rings (SSSR count). The number of rotatable bonds is 4. The standard InChI is InChI=1S/C21H23Cl2N3O3S2/c1-12-9-13(2)19-18(10-12)30-21(24-19)25-20(27)14-5-7-26(8-6-14)31(28,29)15-3-4-16(22)17(23)11-15/h3-4,9-11,14,28-29H,5-8H2,1-2H3,(H,24,25,27). The first kappa shape index (κ1) is 22.8. The van der Waals surface area contributed by atoms with Crippen molar-refractivity contribution in [3.05, 3.63) is 51.5 Å². The molecular weight excluding hydrogens is 477 g/mol. The summed E-state index contributed by atoms with van der Waals surface area (Å²) in [5, 5.41) is 4.17. The highest BCUT2D eigenvalue weighted by atomic mass is 35.5. The van der Waals surface area contributed by atoms with Gasteiger partial charge in [0.1, 0.15) is 0 Å². The number of hydrogen-bond donors (Lipinski definition) is 3.